The normalized spacial score (nSPS) is 15.2. The van der Waals surface area contributed by atoms with E-state index in [4.69, 9.17) is 0 Å². The van der Waals surface area contributed by atoms with Crippen molar-refractivity contribution in [3.05, 3.63) is 113 Å². The minimum absolute atomic E-state index is 0.0247. The van der Waals surface area contributed by atoms with Crippen molar-refractivity contribution in [1.29, 1.82) is 0 Å². The van der Waals surface area contributed by atoms with Crippen LogP contribution in [0, 0.1) is 0 Å². The number of fused-ring (bicyclic) bond motifs is 1. The highest BCUT2D eigenvalue weighted by Gasteiger charge is 2.31. The number of oxime groups is 1. The van der Waals surface area contributed by atoms with E-state index in [9.17, 15) is 28.0 Å². The largest absolute Gasteiger partial charge is 0.416 e. The van der Waals surface area contributed by atoms with Crippen LogP contribution in [-0.4, -0.2) is 28.7 Å². The fraction of sp³-hybridized carbons (Fsp3) is 0.115. The Hall–Kier alpha value is -4.40. The predicted octanol–water partition coefficient (Wildman–Crippen LogP) is 4.80. The highest BCUT2D eigenvalue weighted by atomic mass is 19.4. The summed E-state index contributed by atoms with van der Waals surface area (Å²) < 4.78 is 39.3. The van der Waals surface area contributed by atoms with Gasteiger partial charge in [-0.25, -0.2) is 0 Å². The molecule has 178 valence electrons. The maximum atomic E-state index is 13.2. The number of amides is 1. The molecule has 1 amide bonds. The van der Waals surface area contributed by atoms with Gasteiger partial charge < -0.3 is 15.8 Å². The van der Waals surface area contributed by atoms with Crippen LogP contribution in [0.25, 0.3) is 0 Å². The summed E-state index contributed by atoms with van der Waals surface area (Å²) >= 11 is 0. The topological polar surface area (TPSA) is 90.8 Å². The Morgan fingerprint density at radius 3 is 2.31 bits per heavy atom. The van der Waals surface area contributed by atoms with Gasteiger partial charge in [0, 0.05) is 23.2 Å². The SMILES string of the molecule is O=C1C(N[C@H](Cc2ccccc2)C(=O)Nc2cccc(C(F)(F)F)c2)=C/C(=N/O)c2ccccc21. The molecule has 0 unspecified atom stereocenters. The number of benzene rings is 3. The van der Waals surface area contributed by atoms with Gasteiger partial charge in [-0.05, 0) is 29.8 Å². The van der Waals surface area contributed by atoms with Gasteiger partial charge in [-0.3, -0.25) is 9.59 Å². The smallest absolute Gasteiger partial charge is 0.410 e. The van der Waals surface area contributed by atoms with Crippen LogP contribution in [0.15, 0.2) is 95.8 Å². The molecule has 0 fully saturated rings. The minimum Gasteiger partial charge on any atom is -0.410 e. The lowest BCUT2D eigenvalue weighted by Gasteiger charge is -2.24. The van der Waals surface area contributed by atoms with Crippen LogP contribution in [0.4, 0.5) is 18.9 Å². The Morgan fingerprint density at radius 2 is 1.63 bits per heavy atom. The minimum atomic E-state index is -4.56. The summed E-state index contributed by atoms with van der Waals surface area (Å²) in [5, 5.41) is 18.1. The van der Waals surface area contributed by atoms with Crippen LogP contribution in [0.5, 0.6) is 0 Å². The zero-order valence-corrected chi connectivity index (χ0v) is 18.2. The monoisotopic (exact) mass is 479 g/mol. The second-order valence-corrected chi connectivity index (χ2v) is 7.87. The standard InChI is InChI=1S/C26H20F3N3O3/c27-26(28,29)17-9-6-10-18(14-17)30-25(34)23(13-16-7-2-1-3-8-16)31-22-15-21(32-35)19-11-4-5-12-20(19)24(22)33/h1-12,14-15,23,31,35H,13H2,(H,30,34)/b32-21-/t23-/m1/s1. The lowest BCUT2D eigenvalue weighted by Crippen LogP contribution is -2.44. The molecule has 0 spiro atoms. The van der Waals surface area contributed by atoms with Gasteiger partial charge >= 0.3 is 6.18 Å². The molecule has 0 saturated carbocycles. The van der Waals surface area contributed by atoms with Crippen LogP contribution < -0.4 is 10.6 Å². The Labute approximate surface area is 198 Å². The lowest BCUT2D eigenvalue weighted by molar-refractivity contribution is -0.137. The molecule has 35 heavy (non-hydrogen) atoms. The summed E-state index contributed by atoms with van der Waals surface area (Å²) in [7, 11) is 0. The second kappa shape index (κ2) is 9.84. The molecule has 0 radical (unpaired) electrons. The molecular weight excluding hydrogens is 459 g/mol. The molecule has 0 saturated heterocycles. The van der Waals surface area contributed by atoms with Crippen LogP contribution in [-0.2, 0) is 17.4 Å². The summed E-state index contributed by atoms with van der Waals surface area (Å²) in [6.45, 7) is 0. The van der Waals surface area contributed by atoms with Crippen LogP contribution in [0.3, 0.4) is 0 Å². The van der Waals surface area contributed by atoms with Gasteiger partial charge in [0.05, 0.1) is 11.3 Å². The first-order chi connectivity index (χ1) is 16.8. The third-order valence-corrected chi connectivity index (χ3v) is 5.47. The van der Waals surface area contributed by atoms with Gasteiger partial charge in [0.25, 0.3) is 0 Å². The van der Waals surface area contributed by atoms with Gasteiger partial charge in [-0.2, -0.15) is 13.2 Å². The Kier molecular flexibility index (Phi) is 6.68. The van der Waals surface area contributed by atoms with E-state index < -0.39 is 29.5 Å². The summed E-state index contributed by atoms with van der Waals surface area (Å²) in [5.41, 5.74) is 0.742. The predicted molar refractivity (Wildman–Crippen MR) is 124 cm³/mol. The third-order valence-electron chi connectivity index (χ3n) is 5.47. The number of alkyl halides is 3. The first-order valence-electron chi connectivity index (χ1n) is 10.6. The zero-order valence-electron chi connectivity index (χ0n) is 18.2. The van der Waals surface area contributed by atoms with Crippen molar-refractivity contribution < 1.29 is 28.0 Å². The molecule has 6 nitrogen and oxygen atoms in total. The van der Waals surface area contributed by atoms with E-state index in [1.54, 1.807) is 48.5 Å². The summed E-state index contributed by atoms with van der Waals surface area (Å²) in [5.74, 6) is -1.04. The highest BCUT2D eigenvalue weighted by Crippen LogP contribution is 2.30. The maximum Gasteiger partial charge on any atom is 0.416 e. The fourth-order valence-electron chi connectivity index (χ4n) is 3.77. The molecule has 3 N–H and O–H groups in total. The van der Waals surface area contributed by atoms with Crippen molar-refractivity contribution in [2.75, 3.05) is 5.32 Å². The third kappa shape index (κ3) is 5.40. The van der Waals surface area contributed by atoms with E-state index in [2.05, 4.69) is 15.8 Å². The number of ketones is 1. The maximum absolute atomic E-state index is 13.2. The number of hydrogen-bond acceptors (Lipinski definition) is 5. The summed E-state index contributed by atoms with van der Waals surface area (Å²) in [4.78, 5) is 26.3. The molecule has 9 heteroatoms. The van der Waals surface area contributed by atoms with Crippen molar-refractivity contribution in [2.45, 2.75) is 18.6 Å². The van der Waals surface area contributed by atoms with Crippen molar-refractivity contribution >= 4 is 23.1 Å². The highest BCUT2D eigenvalue weighted by molar-refractivity contribution is 6.26. The Morgan fingerprint density at radius 1 is 0.943 bits per heavy atom. The van der Waals surface area contributed by atoms with Gasteiger partial charge in [-0.15, -0.1) is 0 Å². The van der Waals surface area contributed by atoms with Crippen molar-refractivity contribution in [3.8, 4) is 0 Å². The Balaban J connectivity index is 1.63. The van der Waals surface area contributed by atoms with Crippen molar-refractivity contribution in [1.82, 2.24) is 5.32 Å². The van der Waals surface area contributed by atoms with E-state index in [-0.39, 0.29) is 23.5 Å². The number of halogens is 3. The first kappa shape index (κ1) is 23.7. The van der Waals surface area contributed by atoms with E-state index in [0.717, 1.165) is 17.7 Å². The molecule has 0 heterocycles. The van der Waals surface area contributed by atoms with E-state index in [0.29, 0.717) is 11.1 Å². The number of anilines is 1. The van der Waals surface area contributed by atoms with Gasteiger partial charge in [0.1, 0.15) is 11.8 Å². The fourth-order valence-corrected chi connectivity index (χ4v) is 3.77. The zero-order chi connectivity index (χ0) is 25.0. The number of nitrogens with one attached hydrogen (secondary N) is 2. The van der Waals surface area contributed by atoms with Gasteiger partial charge in [-0.1, -0.05) is 65.8 Å². The van der Waals surface area contributed by atoms with Crippen molar-refractivity contribution in [3.63, 3.8) is 0 Å². The number of carbonyl (C=O) groups is 2. The summed E-state index contributed by atoms with van der Waals surface area (Å²) in [6.07, 6.45) is -3.08. The van der Waals surface area contributed by atoms with E-state index in [1.807, 2.05) is 6.07 Å². The first-order valence-corrected chi connectivity index (χ1v) is 10.6. The number of nitrogens with zero attached hydrogens (tertiary/aromatic N) is 1. The summed E-state index contributed by atoms with van der Waals surface area (Å²) in [6, 6.07) is 18.8. The van der Waals surface area contributed by atoms with Crippen LogP contribution in [0.2, 0.25) is 0 Å². The van der Waals surface area contributed by atoms with Crippen LogP contribution >= 0.6 is 0 Å². The quantitative estimate of drug-likeness (QED) is 0.350. The molecule has 4 rings (SSSR count). The molecule has 1 atom stereocenters. The van der Waals surface area contributed by atoms with E-state index >= 15 is 0 Å². The average molecular weight is 479 g/mol. The molecule has 0 aromatic heterocycles. The van der Waals surface area contributed by atoms with Gasteiger partial charge in [0.15, 0.2) is 0 Å². The molecule has 1 aliphatic carbocycles. The number of Topliss-reactive ketones (excluding diaryl/α,β-unsaturated/α-hetero) is 1. The number of carbonyl (C=O) groups excluding carboxylic acids is 2. The number of hydrogen-bond donors (Lipinski definition) is 3. The van der Waals surface area contributed by atoms with Gasteiger partial charge in [0.2, 0.25) is 11.7 Å². The number of rotatable bonds is 6. The average Bonchev–Trinajstić information content (AvgIpc) is 2.85. The second-order valence-electron chi connectivity index (χ2n) is 7.87. The Bertz CT molecular complexity index is 1320. The van der Waals surface area contributed by atoms with Crippen molar-refractivity contribution in [2.24, 2.45) is 5.16 Å². The molecular formula is C26H20F3N3O3. The van der Waals surface area contributed by atoms with E-state index in [1.165, 1.54) is 18.2 Å². The number of allylic oxidation sites excluding steroid dienone is 2. The molecule has 0 bridgehead atoms. The molecule has 1 aliphatic rings. The molecule has 0 aliphatic heterocycles. The lowest BCUT2D eigenvalue weighted by atomic mass is 9.91. The molecule has 3 aromatic carbocycles. The van der Waals surface area contributed by atoms with Crippen LogP contribution in [0.1, 0.15) is 27.0 Å². The molecule has 3 aromatic rings.